The molecule has 1 atom stereocenters. The lowest BCUT2D eigenvalue weighted by molar-refractivity contribution is -0.121. The van der Waals surface area contributed by atoms with Crippen LogP contribution in [-0.2, 0) is 4.79 Å². The minimum absolute atomic E-state index is 0.0418. The number of anilines is 1. The van der Waals surface area contributed by atoms with Gasteiger partial charge in [0.25, 0.3) is 0 Å². The van der Waals surface area contributed by atoms with E-state index in [1.54, 1.807) is 18.3 Å². The summed E-state index contributed by atoms with van der Waals surface area (Å²) >= 11 is 5.80. The van der Waals surface area contributed by atoms with E-state index in [0.717, 1.165) is 25.9 Å². The molecule has 3 rings (SSSR count). The number of nitrogens with one attached hydrogen (secondary N) is 2. The molecule has 0 saturated carbocycles. The van der Waals surface area contributed by atoms with E-state index in [9.17, 15) is 4.79 Å². The van der Waals surface area contributed by atoms with Crippen molar-refractivity contribution in [3.63, 3.8) is 0 Å². The second kappa shape index (κ2) is 7.10. The molecule has 1 fully saturated rings. The summed E-state index contributed by atoms with van der Waals surface area (Å²) in [6, 6.07) is 5.26. The van der Waals surface area contributed by atoms with Crippen LogP contribution in [0.25, 0.3) is 0 Å². The third-order valence-electron chi connectivity index (χ3n) is 4.40. The van der Waals surface area contributed by atoms with Crippen LogP contribution in [0, 0.1) is 0 Å². The van der Waals surface area contributed by atoms with E-state index in [0.29, 0.717) is 16.8 Å². The van der Waals surface area contributed by atoms with Crippen LogP contribution in [-0.4, -0.2) is 45.1 Å². The van der Waals surface area contributed by atoms with Crippen LogP contribution in [0.2, 0.25) is 5.02 Å². The zero-order chi connectivity index (χ0) is 16.2. The molecule has 122 valence electrons. The third kappa shape index (κ3) is 3.89. The maximum atomic E-state index is 12.4. The van der Waals surface area contributed by atoms with Crippen LogP contribution in [0.5, 0.6) is 0 Å². The number of rotatable bonds is 4. The van der Waals surface area contributed by atoms with Gasteiger partial charge in [0.15, 0.2) is 0 Å². The maximum Gasteiger partial charge on any atom is 0.242 e. The summed E-state index contributed by atoms with van der Waals surface area (Å²) in [4.78, 5) is 18.7. The first-order valence-corrected chi connectivity index (χ1v) is 8.17. The molecule has 3 heterocycles. The van der Waals surface area contributed by atoms with Crippen molar-refractivity contribution < 1.29 is 4.79 Å². The summed E-state index contributed by atoms with van der Waals surface area (Å²) in [6.45, 7) is 3.72. The van der Waals surface area contributed by atoms with Crippen molar-refractivity contribution in [3.8, 4) is 0 Å². The predicted octanol–water partition coefficient (Wildman–Crippen LogP) is 2.66. The van der Waals surface area contributed by atoms with Gasteiger partial charge in [0, 0.05) is 24.0 Å². The first kappa shape index (κ1) is 16.0. The molecule has 0 aromatic carbocycles. The normalized spacial score (nSPS) is 17.8. The van der Waals surface area contributed by atoms with Gasteiger partial charge >= 0.3 is 0 Å². The van der Waals surface area contributed by atoms with Crippen LogP contribution in [0.1, 0.15) is 31.4 Å². The van der Waals surface area contributed by atoms with Gasteiger partial charge in [0.1, 0.15) is 5.82 Å². The van der Waals surface area contributed by atoms with Crippen molar-refractivity contribution in [1.82, 2.24) is 20.1 Å². The average molecular weight is 334 g/mol. The SMILES string of the molecule is C[C@H](C(=O)Nc1ccc(Cl)cn1)N1CCC(c2ccn[nH]2)CC1. The molecule has 2 aromatic heterocycles. The number of hydrogen-bond donors (Lipinski definition) is 2. The zero-order valence-corrected chi connectivity index (χ0v) is 13.8. The van der Waals surface area contributed by atoms with E-state index in [-0.39, 0.29) is 11.9 Å². The standard InChI is InChI=1S/C16H20ClN5O/c1-11(16(23)20-15-3-2-13(17)10-18-15)22-8-5-12(6-9-22)14-4-7-19-21-14/h2-4,7,10-12H,5-6,8-9H2,1H3,(H,19,21)(H,18,20,23)/t11-/m1/s1. The van der Waals surface area contributed by atoms with Crippen molar-refractivity contribution in [1.29, 1.82) is 0 Å². The summed E-state index contributed by atoms with van der Waals surface area (Å²) in [5.74, 6) is 0.986. The Labute approximate surface area is 140 Å². The summed E-state index contributed by atoms with van der Waals surface area (Å²) in [6.07, 6.45) is 5.37. The summed E-state index contributed by atoms with van der Waals surface area (Å²) in [5.41, 5.74) is 1.19. The highest BCUT2D eigenvalue weighted by Gasteiger charge is 2.27. The van der Waals surface area contributed by atoms with E-state index < -0.39 is 0 Å². The topological polar surface area (TPSA) is 73.9 Å². The largest absolute Gasteiger partial charge is 0.309 e. The summed E-state index contributed by atoms with van der Waals surface area (Å²) in [5, 5.41) is 10.4. The molecule has 0 unspecified atom stereocenters. The highest BCUT2D eigenvalue weighted by atomic mass is 35.5. The van der Waals surface area contributed by atoms with E-state index in [1.807, 2.05) is 13.0 Å². The maximum absolute atomic E-state index is 12.4. The van der Waals surface area contributed by atoms with Gasteiger partial charge < -0.3 is 5.32 Å². The van der Waals surface area contributed by atoms with Crippen LogP contribution in [0.4, 0.5) is 5.82 Å². The Morgan fingerprint density at radius 2 is 2.17 bits per heavy atom. The summed E-state index contributed by atoms with van der Waals surface area (Å²) in [7, 11) is 0. The molecule has 0 bridgehead atoms. The molecular weight excluding hydrogens is 314 g/mol. The zero-order valence-electron chi connectivity index (χ0n) is 13.0. The molecule has 1 amide bonds. The van der Waals surface area contributed by atoms with Gasteiger partial charge in [-0.05, 0) is 51.1 Å². The molecule has 2 aromatic rings. The molecule has 1 aliphatic rings. The van der Waals surface area contributed by atoms with Crippen molar-refractivity contribution in [2.75, 3.05) is 18.4 Å². The first-order valence-electron chi connectivity index (χ1n) is 7.79. The minimum atomic E-state index is -0.185. The fourth-order valence-corrected chi connectivity index (χ4v) is 3.05. The Kier molecular flexibility index (Phi) is 4.93. The molecular formula is C16H20ClN5O. The van der Waals surface area contributed by atoms with Gasteiger partial charge in [0.05, 0.1) is 11.1 Å². The van der Waals surface area contributed by atoms with Crippen molar-refractivity contribution >= 4 is 23.3 Å². The van der Waals surface area contributed by atoms with Gasteiger partial charge in [-0.2, -0.15) is 5.10 Å². The Morgan fingerprint density at radius 3 is 2.78 bits per heavy atom. The predicted molar refractivity (Wildman–Crippen MR) is 89.5 cm³/mol. The number of likely N-dealkylation sites (tertiary alicyclic amines) is 1. The minimum Gasteiger partial charge on any atom is -0.309 e. The Morgan fingerprint density at radius 1 is 1.39 bits per heavy atom. The smallest absolute Gasteiger partial charge is 0.242 e. The number of piperidine rings is 1. The van der Waals surface area contributed by atoms with Crippen molar-refractivity contribution in [2.24, 2.45) is 0 Å². The lowest BCUT2D eigenvalue weighted by Gasteiger charge is -2.34. The highest BCUT2D eigenvalue weighted by molar-refractivity contribution is 6.30. The molecule has 0 radical (unpaired) electrons. The number of hydrogen-bond acceptors (Lipinski definition) is 4. The van der Waals surface area contributed by atoms with Crippen LogP contribution in [0.15, 0.2) is 30.6 Å². The number of aromatic amines is 1. The molecule has 1 aliphatic heterocycles. The van der Waals surface area contributed by atoms with Gasteiger partial charge in [-0.3, -0.25) is 14.8 Å². The monoisotopic (exact) mass is 333 g/mol. The molecule has 0 aliphatic carbocycles. The van der Waals surface area contributed by atoms with E-state index in [1.165, 1.54) is 11.9 Å². The van der Waals surface area contributed by atoms with Crippen molar-refractivity contribution in [2.45, 2.75) is 31.7 Å². The second-order valence-electron chi connectivity index (χ2n) is 5.85. The molecule has 6 nitrogen and oxygen atoms in total. The number of nitrogens with zero attached hydrogens (tertiary/aromatic N) is 3. The lowest BCUT2D eigenvalue weighted by Crippen LogP contribution is -2.45. The summed E-state index contributed by atoms with van der Waals surface area (Å²) < 4.78 is 0. The molecule has 2 N–H and O–H groups in total. The number of H-pyrrole nitrogens is 1. The number of aromatic nitrogens is 3. The lowest BCUT2D eigenvalue weighted by atomic mass is 9.93. The van der Waals surface area contributed by atoms with Gasteiger partial charge in [0.2, 0.25) is 5.91 Å². The van der Waals surface area contributed by atoms with E-state index >= 15 is 0 Å². The molecule has 1 saturated heterocycles. The number of amides is 1. The quantitative estimate of drug-likeness (QED) is 0.902. The highest BCUT2D eigenvalue weighted by Crippen LogP contribution is 2.27. The number of pyridine rings is 1. The number of carbonyl (C=O) groups excluding carboxylic acids is 1. The van der Waals surface area contributed by atoms with E-state index in [2.05, 4.69) is 25.4 Å². The van der Waals surface area contributed by atoms with Crippen LogP contribution >= 0.6 is 11.6 Å². The number of carbonyl (C=O) groups is 1. The first-order chi connectivity index (χ1) is 11.1. The Bertz CT molecular complexity index is 635. The van der Waals surface area contributed by atoms with Gasteiger partial charge in [-0.25, -0.2) is 4.98 Å². The van der Waals surface area contributed by atoms with Crippen molar-refractivity contribution in [3.05, 3.63) is 41.3 Å². The molecule has 0 spiro atoms. The number of halogens is 1. The van der Waals surface area contributed by atoms with Gasteiger partial charge in [-0.1, -0.05) is 11.6 Å². The van der Waals surface area contributed by atoms with Gasteiger partial charge in [-0.15, -0.1) is 0 Å². The molecule has 7 heteroatoms. The fourth-order valence-electron chi connectivity index (χ4n) is 2.94. The second-order valence-corrected chi connectivity index (χ2v) is 6.29. The Hall–Kier alpha value is -1.92. The fraction of sp³-hybridized carbons (Fsp3) is 0.438. The average Bonchev–Trinajstić information content (AvgIpc) is 3.11. The van der Waals surface area contributed by atoms with Crippen LogP contribution in [0.3, 0.4) is 0 Å². The van der Waals surface area contributed by atoms with Crippen LogP contribution < -0.4 is 5.32 Å². The molecule has 23 heavy (non-hydrogen) atoms. The van der Waals surface area contributed by atoms with E-state index in [4.69, 9.17) is 11.6 Å². The third-order valence-corrected chi connectivity index (χ3v) is 4.62. The Balaban J connectivity index is 1.53.